The second-order valence-electron chi connectivity index (χ2n) is 5.92. The van der Waals surface area contributed by atoms with Gasteiger partial charge in [0.05, 0.1) is 0 Å². The molecule has 0 spiro atoms. The molecule has 0 radical (unpaired) electrons. The van der Waals surface area contributed by atoms with Gasteiger partial charge >= 0.3 is 0 Å². The van der Waals surface area contributed by atoms with Gasteiger partial charge in [-0.1, -0.05) is 46.5 Å². The first kappa shape index (κ1) is 14.0. The molecule has 1 atom stereocenters. The number of hydrogen-bond donors (Lipinski definition) is 1. The Morgan fingerprint density at radius 2 is 1.81 bits per heavy atom. The predicted molar refractivity (Wildman–Crippen MR) is 72.8 cm³/mol. The molecule has 1 aliphatic carbocycles. The van der Waals surface area contributed by atoms with Gasteiger partial charge < -0.3 is 5.32 Å². The molecule has 1 fully saturated rings. The molecule has 0 aliphatic heterocycles. The number of rotatable bonds is 10. The number of nitrogens with one attached hydrogen (secondary N) is 1. The first-order valence-electron chi connectivity index (χ1n) is 7.43. The minimum atomic E-state index is 0.600. The Bertz CT molecular complexity index is 174. The lowest BCUT2D eigenvalue weighted by atomic mass is 9.79. The van der Waals surface area contributed by atoms with Crippen LogP contribution >= 0.6 is 0 Å². The Hall–Kier alpha value is -0.0400. The smallest absolute Gasteiger partial charge is 0.000781 e. The summed E-state index contributed by atoms with van der Waals surface area (Å²) in [7, 11) is 0. The lowest BCUT2D eigenvalue weighted by Crippen LogP contribution is -2.34. The summed E-state index contributed by atoms with van der Waals surface area (Å²) in [5, 5.41) is 3.64. The zero-order valence-electron chi connectivity index (χ0n) is 11.6. The van der Waals surface area contributed by atoms with Crippen LogP contribution in [0.2, 0.25) is 0 Å². The second kappa shape index (κ2) is 7.32. The van der Waals surface area contributed by atoms with E-state index in [0.29, 0.717) is 5.41 Å². The summed E-state index contributed by atoms with van der Waals surface area (Å²) in [6.45, 7) is 9.50. The first-order valence-corrected chi connectivity index (χ1v) is 7.43. The van der Waals surface area contributed by atoms with E-state index in [2.05, 4.69) is 26.1 Å². The molecule has 1 aliphatic rings. The summed E-state index contributed by atoms with van der Waals surface area (Å²) in [6.07, 6.45) is 11.3. The largest absolute Gasteiger partial charge is 0.316 e. The van der Waals surface area contributed by atoms with Crippen molar-refractivity contribution in [3.05, 3.63) is 0 Å². The van der Waals surface area contributed by atoms with Crippen molar-refractivity contribution in [2.24, 2.45) is 11.3 Å². The summed E-state index contributed by atoms with van der Waals surface area (Å²) in [5.74, 6) is 1.03. The summed E-state index contributed by atoms with van der Waals surface area (Å²) in [4.78, 5) is 0. The fraction of sp³-hybridized carbons (Fsp3) is 1.00. The topological polar surface area (TPSA) is 12.0 Å². The molecule has 0 saturated heterocycles. The average Bonchev–Trinajstić information content (AvgIpc) is 3.09. The van der Waals surface area contributed by atoms with E-state index in [1.165, 1.54) is 64.5 Å². The third-order valence-corrected chi connectivity index (χ3v) is 4.12. The molecule has 1 rings (SSSR count). The molecule has 0 aromatic carbocycles. The summed E-state index contributed by atoms with van der Waals surface area (Å²) < 4.78 is 0. The third kappa shape index (κ3) is 4.86. The summed E-state index contributed by atoms with van der Waals surface area (Å²) in [6, 6.07) is 0. The number of unbranched alkanes of at least 4 members (excludes halogenated alkanes) is 3. The Labute approximate surface area is 102 Å². The standard InChI is InChI=1S/C15H31N/c1-4-6-7-8-11-15(3,14-9-10-14)13-16-12-5-2/h14,16H,4-13H2,1-3H3. The average molecular weight is 225 g/mol. The van der Waals surface area contributed by atoms with Gasteiger partial charge in [-0.15, -0.1) is 0 Å². The molecule has 1 saturated carbocycles. The minimum Gasteiger partial charge on any atom is -0.316 e. The van der Waals surface area contributed by atoms with Gasteiger partial charge in [-0.2, -0.15) is 0 Å². The molecule has 1 N–H and O–H groups in total. The molecule has 16 heavy (non-hydrogen) atoms. The third-order valence-electron chi connectivity index (χ3n) is 4.12. The van der Waals surface area contributed by atoms with E-state index in [1.807, 2.05) is 0 Å². The molecule has 0 aromatic heterocycles. The van der Waals surface area contributed by atoms with E-state index in [9.17, 15) is 0 Å². The fourth-order valence-electron chi connectivity index (χ4n) is 2.72. The van der Waals surface area contributed by atoms with Gasteiger partial charge in [0.15, 0.2) is 0 Å². The molecule has 0 aromatic rings. The van der Waals surface area contributed by atoms with Gasteiger partial charge in [0, 0.05) is 6.54 Å². The van der Waals surface area contributed by atoms with Gasteiger partial charge in [-0.3, -0.25) is 0 Å². The molecule has 1 nitrogen and oxygen atoms in total. The second-order valence-corrected chi connectivity index (χ2v) is 5.92. The van der Waals surface area contributed by atoms with E-state index in [4.69, 9.17) is 0 Å². The van der Waals surface area contributed by atoms with Crippen molar-refractivity contribution in [2.45, 2.75) is 72.1 Å². The molecule has 1 heteroatoms. The SMILES string of the molecule is CCCCCCC(C)(CNCCC)C1CC1. The Morgan fingerprint density at radius 3 is 2.38 bits per heavy atom. The van der Waals surface area contributed by atoms with Gasteiger partial charge in [-0.25, -0.2) is 0 Å². The van der Waals surface area contributed by atoms with Crippen LogP contribution in [0.1, 0.15) is 72.1 Å². The van der Waals surface area contributed by atoms with Crippen LogP contribution in [0.5, 0.6) is 0 Å². The molecule has 0 amide bonds. The maximum atomic E-state index is 3.64. The summed E-state index contributed by atoms with van der Waals surface area (Å²) in [5.41, 5.74) is 0.600. The lowest BCUT2D eigenvalue weighted by Gasteiger charge is -2.30. The highest BCUT2D eigenvalue weighted by molar-refractivity contribution is 4.92. The zero-order chi connectivity index (χ0) is 11.9. The molecule has 1 unspecified atom stereocenters. The maximum Gasteiger partial charge on any atom is 0.000781 e. The zero-order valence-corrected chi connectivity index (χ0v) is 11.6. The van der Waals surface area contributed by atoms with Gasteiger partial charge in [0.2, 0.25) is 0 Å². The van der Waals surface area contributed by atoms with Crippen LogP contribution in [0.3, 0.4) is 0 Å². The van der Waals surface area contributed by atoms with Crippen molar-refractivity contribution in [2.75, 3.05) is 13.1 Å². The van der Waals surface area contributed by atoms with Crippen LogP contribution in [-0.2, 0) is 0 Å². The van der Waals surface area contributed by atoms with Crippen molar-refractivity contribution in [1.29, 1.82) is 0 Å². The van der Waals surface area contributed by atoms with Crippen LogP contribution in [0.15, 0.2) is 0 Å². The van der Waals surface area contributed by atoms with Crippen LogP contribution in [0.4, 0.5) is 0 Å². The van der Waals surface area contributed by atoms with Crippen LogP contribution < -0.4 is 5.32 Å². The molecular weight excluding hydrogens is 194 g/mol. The van der Waals surface area contributed by atoms with E-state index < -0.39 is 0 Å². The molecule has 0 bridgehead atoms. The van der Waals surface area contributed by atoms with Gasteiger partial charge in [0.1, 0.15) is 0 Å². The Balaban J connectivity index is 2.21. The highest BCUT2D eigenvalue weighted by Crippen LogP contribution is 2.48. The van der Waals surface area contributed by atoms with Crippen LogP contribution in [-0.4, -0.2) is 13.1 Å². The van der Waals surface area contributed by atoms with Crippen molar-refractivity contribution in [1.82, 2.24) is 5.32 Å². The monoisotopic (exact) mass is 225 g/mol. The van der Waals surface area contributed by atoms with Gasteiger partial charge in [-0.05, 0) is 43.6 Å². The molecule has 0 heterocycles. The van der Waals surface area contributed by atoms with Crippen molar-refractivity contribution in [3.63, 3.8) is 0 Å². The fourth-order valence-corrected chi connectivity index (χ4v) is 2.72. The van der Waals surface area contributed by atoms with Crippen molar-refractivity contribution in [3.8, 4) is 0 Å². The Kier molecular flexibility index (Phi) is 6.41. The summed E-state index contributed by atoms with van der Waals surface area (Å²) >= 11 is 0. The van der Waals surface area contributed by atoms with Gasteiger partial charge in [0.25, 0.3) is 0 Å². The molecular formula is C15H31N. The van der Waals surface area contributed by atoms with E-state index in [1.54, 1.807) is 0 Å². The van der Waals surface area contributed by atoms with E-state index >= 15 is 0 Å². The first-order chi connectivity index (χ1) is 7.73. The van der Waals surface area contributed by atoms with E-state index in [-0.39, 0.29) is 0 Å². The predicted octanol–water partition coefficient (Wildman–Crippen LogP) is 4.37. The van der Waals surface area contributed by atoms with E-state index in [0.717, 1.165) is 5.92 Å². The highest BCUT2D eigenvalue weighted by atomic mass is 14.9. The Morgan fingerprint density at radius 1 is 1.06 bits per heavy atom. The van der Waals surface area contributed by atoms with Crippen molar-refractivity contribution >= 4 is 0 Å². The van der Waals surface area contributed by atoms with Crippen molar-refractivity contribution < 1.29 is 0 Å². The molecule has 96 valence electrons. The number of hydrogen-bond acceptors (Lipinski definition) is 1. The van der Waals surface area contributed by atoms with Crippen LogP contribution in [0.25, 0.3) is 0 Å². The minimum absolute atomic E-state index is 0.600. The normalized spacial score (nSPS) is 19.7. The van der Waals surface area contributed by atoms with Crippen LogP contribution in [0, 0.1) is 11.3 Å². The lowest BCUT2D eigenvalue weighted by molar-refractivity contribution is 0.228. The highest BCUT2D eigenvalue weighted by Gasteiger charge is 2.40. The maximum absolute atomic E-state index is 3.64. The quantitative estimate of drug-likeness (QED) is 0.544.